The van der Waals surface area contributed by atoms with E-state index in [-0.39, 0.29) is 24.6 Å². The molecule has 2 rings (SSSR count). The molecular weight excluding hydrogens is 262 g/mol. The second kappa shape index (κ2) is 6.15. The van der Waals surface area contributed by atoms with Gasteiger partial charge >= 0.3 is 5.97 Å². The number of aromatic nitrogens is 2. The highest BCUT2D eigenvalue weighted by molar-refractivity contribution is 5.85. The third kappa shape index (κ3) is 3.05. The quantitative estimate of drug-likeness (QED) is 0.790. The molecule has 1 aromatic heterocycles. The number of anilines is 1. The van der Waals surface area contributed by atoms with Gasteiger partial charge in [0.2, 0.25) is 5.82 Å². The molecule has 0 spiro atoms. The summed E-state index contributed by atoms with van der Waals surface area (Å²) in [6.07, 6.45) is -0.247. The Morgan fingerprint density at radius 3 is 3.00 bits per heavy atom. The van der Waals surface area contributed by atoms with Crippen LogP contribution in [0.15, 0.2) is 6.07 Å². The number of carbonyl (C=O) groups excluding carboxylic acids is 1. The molecule has 0 radical (unpaired) electrons. The summed E-state index contributed by atoms with van der Waals surface area (Å²) in [7, 11) is 1.30. The number of aryl methyl sites for hydroxylation is 1. The van der Waals surface area contributed by atoms with Crippen LogP contribution < -0.4 is 4.90 Å². The first-order valence-electron chi connectivity index (χ1n) is 6.48. The minimum absolute atomic E-state index is 0.0433. The van der Waals surface area contributed by atoms with Crippen molar-refractivity contribution >= 4 is 11.8 Å². The molecule has 1 fully saturated rings. The summed E-state index contributed by atoms with van der Waals surface area (Å²) in [5.74, 6) is 0.128. The monoisotopic (exact) mass is 281 g/mol. The first-order valence-corrected chi connectivity index (χ1v) is 6.48. The molecule has 0 bridgehead atoms. The molecule has 2 atom stereocenters. The number of rotatable bonds is 3. The fourth-order valence-corrected chi connectivity index (χ4v) is 2.13. The van der Waals surface area contributed by atoms with Gasteiger partial charge in [-0.2, -0.15) is 0 Å². The van der Waals surface area contributed by atoms with E-state index >= 15 is 0 Å². The van der Waals surface area contributed by atoms with E-state index in [1.54, 1.807) is 6.92 Å². The van der Waals surface area contributed by atoms with Crippen molar-refractivity contribution < 1.29 is 19.4 Å². The second-order valence-electron chi connectivity index (χ2n) is 4.82. The van der Waals surface area contributed by atoms with Gasteiger partial charge in [-0.25, -0.2) is 14.8 Å². The summed E-state index contributed by atoms with van der Waals surface area (Å²) in [5, 5.41) is 9.22. The maximum Gasteiger partial charge on any atom is 0.376 e. The molecule has 110 valence electrons. The van der Waals surface area contributed by atoms with E-state index in [9.17, 15) is 9.90 Å². The van der Waals surface area contributed by atoms with Gasteiger partial charge in [0.1, 0.15) is 5.82 Å². The van der Waals surface area contributed by atoms with Crippen LogP contribution in [0.25, 0.3) is 0 Å². The van der Waals surface area contributed by atoms with Crippen LogP contribution in [0.2, 0.25) is 0 Å². The van der Waals surface area contributed by atoms with E-state index in [1.807, 2.05) is 17.9 Å². The Bertz CT molecular complexity index is 495. The SMILES string of the molecule is COC(=O)c1nc(C)cc(N2CC(CO)OCC2C)n1. The molecule has 1 aliphatic heterocycles. The van der Waals surface area contributed by atoms with Crippen LogP contribution in [0.1, 0.15) is 23.2 Å². The van der Waals surface area contributed by atoms with Gasteiger partial charge in [-0.3, -0.25) is 0 Å². The van der Waals surface area contributed by atoms with E-state index in [0.29, 0.717) is 24.7 Å². The van der Waals surface area contributed by atoms with Crippen LogP contribution in [0, 0.1) is 6.92 Å². The maximum absolute atomic E-state index is 11.6. The van der Waals surface area contributed by atoms with Crippen LogP contribution in [0.3, 0.4) is 0 Å². The fraction of sp³-hybridized carbons (Fsp3) is 0.615. The average molecular weight is 281 g/mol. The summed E-state index contributed by atoms with van der Waals surface area (Å²) >= 11 is 0. The minimum atomic E-state index is -0.561. The Morgan fingerprint density at radius 2 is 2.35 bits per heavy atom. The number of aliphatic hydroxyl groups excluding tert-OH is 1. The Labute approximate surface area is 117 Å². The standard InChI is InChI=1S/C13H19N3O4/c1-8-4-11(15-12(14-8)13(18)19-3)16-5-10(6-17)20-7-9(16)2/h4,9-10,17H,5-7H2,1-3H3. The lowest BCUT2D eigenvalue weighted by Gasteiger charge is -2.38. The lowest BCUT2D eigenvalue weighted by atomic mass is 10.2. The molecule has 1 aromatic rings. The summed E-state index contributed by atoms with van der Waals surface area (Å²) in [4.78, 5) is 21.9. The molecule has 1 N–H and O–H groups in total. The highest BCUT2D eigenvalue weighted by Crippen LogP contribution is 2.20. The van der Waals surface area contributed by atoms with E-state index in [2.05, 4.69) is 14.7 Å². The summed E-state index contributed by atoms with van der Waals surface area (Å²) < 4.78 is 10.1. The summed E-state index contributed by atoms with van der Waals surface area (Å²) in [6, 6.07) is 1.92. The topological polar surface area (TPSA) is 84.8 Å². The molecule has 0 aliphatic carbocycles. The van der Waals surface area contributed by atoms with Gasteiger partial charge in [0.25, 0.3) is 0 Å². The first-order chi connectivity index (χ1) is 9.55. The number of carbonyl (C=O) groups is 1. The molecular formula is C13H19N3O4. The van der Waals surface area contributed by atoms with Crippen molar-refractivity contribution in [3.05, 3.63) is 17.6 Å². The predicted molar refractivity (Wildman–Crippen MR) is 71.7 cm³/mol. The van der Waals surface area contributed by atoms with Crippen LogP contribution >= 0.6 is 0 Å². The third-order valence-corrected chi connectivity index (χ3v) is 3.21. The smallest absolute Gasteiger partial charge is 0.376 e. The zero-order valence-electron chi connectivity index (χ0n) is 11.9. The number of hydrogen-bond donors (Lipinski definition) is 1. The Morgan fingerprint density at radius 1 is 1.60 bits per heavy atom. The van der Waals surface area contributed by atoms with Crippen molar-refractivity contribution in [3.63, 3.8) is 0 Å². The van der Waals surface area contributed by atoms with Crippen molar-refractivity contribution in [3.8, 4) is 0 Å². The Balaban J connectivity index is 2.30. The zero-order chi connectivity index (χ0) is 14.7. The lowest BCUT2D eigenvalue weighted by molar-refractivity contribution is -0.0106. The number of aliphatic hydroxyl groups is 1. The van der Waals surface area contributed by atoms with E-state index in [0.717, 1.165) is 0 Å². The van der Waals surface area contributed by atoms with Gasteiger partial charge < -0.3 is 19.5 Å². The average Bonchev–Trinajstić information content (AvgIpc) is 2.46. The largest absolute Gasteiger partial charge is 0.463 e. The molecule has 1 aliphatic rings. The van der Waals surface area contributed by atoms with E-state index in [4.69, 9.17) is 4.74 Å². The van der Waals surface area contributed by atoms with Crippen LogP contribution in [-0.4, -0.2) is 60.1 Å². The van der Waals surface area contributed by atoms with Gasteiger partial charge in [-0.15, -0.1) is 0 Å². The first kappa shape index (κ1) is 14.7. The van der Waals surface area contributed by atoms with Crippen molar-refractivity contribution in [1.29, 1.82) is 0 Å². The van der Waals surface area contributed by atoms with Gasteiger partial charge in [0.15, 0.2) is 0 Å². The number of hydrogen-bond acceptors (Lipinski definition) is 7. The normalized spacial score (nSPS) is 22.7. The maximum atomic E-state index is 11.6. The van der Waals surface area contributed by atoms with E-state index in [1.165, 1.54) is 7.11 Å². The number of esters is 1. The lowest BCUT2D eigenvalue weighted by Crippen LogP contribution is -2.50. The van der Waals surface area contributed by atoms with E-state index < -0.39 is 5.97 Å². The number of methoxy groups -OCH3 is 1. The molecule has 0 amide bonds. The minimum Gasteiger partial charge on any atom is -0.463 e. The van der Waals surface area contributed by atoms with Crippen molar-refractivity contribution in [2.75, 3.05) is 31.8 Å². The van der Waals surface area contributed by atoms with Crippen LogP contribution in [-0.2, 0) is 9.47 Å². The number of morpholine rings is 1. The molecule has 7 heteroatoms. The highest BCUT2D eigenvalue weighted by atomic mass is 16.5. The van der Waals surface area contributed by atoms with Gasteiger partial charge in [-0.05, 0) is 13.8 Å². The molecule has 2 unspecified atom stereocenters. The number of nitrogens with zero attached hydrogens (tertiary/aromatic N) is 3. The molecule has 20 heavy (non-hydrogen) atoms. The zero-order valence-corrected chi connectivity index (χ0v) is 11.9. The van der Waals surface area contributed by atoms with Gasteiger partial charge in [0, 0.05) is 18.3 Å². The van der Waals surface area contributed by atoms with Crippen molar-refractivity contribution in [2.45, 2.75) is 26.0 Å². The van der Waals surface area contributed by atoms with Crippen molar-refractivity contribution in [1.82, 2.24) is 9.97 Å². The third-order valence-electron chi connectivity index (χ3n) is 3.21. The van der Waals surface area contributed by atoms with Gasteiger partial charge in [0.05, 0.1) is 32.5 Å². The molecule has 2 heterocycles. The Kier molecular flexibility index (Phi) is 4.51. The predicted octanol–water partition coefficient (Wildman–Crippen LogP) is 0.158. The van der Waals surface area contributed by atoms with Crippen LogP contribution in [0.4, 0.5) is 5.82 Å². The van der Waals surface area contributed by atoms with Gasteiger partial charge in [-0.1, -0.05) is 0 Å². The molecule has 1 saturated heterocycles. The molecule has 0 saturated carbocycles. The Hall–Kier alpha value is -1.73. The van der Waals surface area contributed by atoms with Crippen LogP contribution in [0.5, 0.6) is 0 Å². The fourth-order valence-electron chi connectivity index (χ4n) is 2.13. The summed E-state index contributed by atoms with van der Waals surface area (Å²) in [5.41, 5.74) is 0.689. The molecule has 7 nitrogen and oxygen atoms in total. The second-order valence-corrected chi connectivity index (χ2v) is 4.82. The highest BCUT2D eigenvalue weighted by Gasteiger charge is 2.27. The number of ether oxygens (including phenoxy) is 2. The van der Waals surface area contributed by atoms with Crippen molar-refractivity contribution in [2.24, 2.45) is 0 Å². The summed E-state index contributed by atoms with van der Waals surface area (Å²) in [6.45, 7) is 4.78. The molecule has 0 aromatic carbocycles.